The number of carbonyl (C=O) groups is 1. The van der Waals surface area contributed by atoms with Crippen LogP contribution < -0.4 is 5.32 Å². The van der Waals surface area contributed by atoms with Crippen molar-refractivity contribution in [1.82, 2.24) is 5.32 Å². The van der Waals surface area contributed by atoms with Crippen LogP contribution in [0.3, 0.4) is 0 Å². The van der Waals surface area contributed by atoms with Crippen LogP contribution in [0.5, 0.6) is 0 Å². The molecule has 0 radical (unpaired) electrons. The molecule has 100 valence electrons. The monoisotopic (exact) mass is 295 g/mol. The summed E-state index contributed by atoms with van der Waals surface area (Å²) in [5, 5.41) is 4.63. The summed E-state index contributed by atoms with van der Waals surface area (Å²) in [6.07, 6.45) is 0. The fourth-order valence-electron chi connectivity index (χ4n) is 1.85. The van der Waals surface area contributed by atoms with E-state index in [2.05, 4.69) is 17.9 Å². The van der Waals surface area contributed by atoms with Gasteiger partial charge in [0.05, 0.1) is 4.88 Å². The quantitative estimate of drug-likeness (QED) is 0.830. The number of halogens is 1. The van der Waals surface area contributed by atoms with Crippen molar-refractivity contribution >= 4 is 29.9 Å². The summed E-state index contributed by atoms with van der Waals surface area (Å²) in [6, 6.07) is 5.23. The standard InChI is InChI=1S/C14H14FNOS2/c1-8-3-10(4-9(2)13(8)15)6-16-14(17)12-5-11(18)7-19-12/h3-5,7,18H,6H2,1-2H3,(H,16,17). The zero-order chi connectivity index (χ0) is 14.0. The zero-order valence-corrected chi connectivity index (χ0v) is 12.4. The molecular weight excluding hydrogens is 281 g/mol. The van der Waals surface area contributed by atoms with Gasteiger partial charge in [0.2, 0.25) is 0 Å². The van der Waals surface area contributed by atoms with Gasteiger partial charge in [0, 0.05) is 16.8 Å². The van der Waals surface area contributed by atoms with Crippen LogP contribution in [0.4, 0.5) is 4.39 Å². The molecule has 0 unspecified atom stereocenters. The molecule has 2 nitrogen and oxygen atoms in total. The number of benzene rings is 1. The molecule has 0 atom stereocenters. The van der Waals surface area contributed by atoms with Gasteiger partial charge in [-0.2, -0.15) is 0 Å². The average molecular weight is 295 g/mol. The van der Waals surface area contributed by atoms with Gasteiger partial charge in [-0.25, -0.2) is 4.39 Å². The van der Waals surface area contributed by atoms with Crippen molar-refractivity contribution < 1.29 is 9.18 Å². The molecule has 0 bridgehead atoms. The van der Waals surface area contributed by atoms with Crippen molar-refractivity contribution in [3.05, 3.63) is 51.0 Å². The third kappa shape index (κ3) is 3.36. The Bertz CT molecular complexity index is 599. The van der Waals surface area contributed by atoms with E-state index in [1.54, 1.807) is 32.0 Å². The Labute approximate surface area is 121 Å². The van der Waals surface area contributed by atoms with Gasteiger partial charge in [-0.15, -0.1) is 24.0 Å². The molecule has 0 saturated carbocycles. The SMILES string of the molecule is Cc1cc(CNC(=O)c2cc(S)cs2)cc(C)c1F. The van der Waals surface area contributed by atoms with E-state index >= 15 is 0 Å². The summed E-state index contributed by atoms with van der Waals surface area (Å²) in [7, 11) is 0. The predicted molar refractivity (Wildman–Crippen MR) is 78.6 cm³/mol. The minimum absolute atomic E-state index is 0.134. The minimum atomic E-state index is -0.187. The molecule has 0 saturated heterocycles. The summed E-state index contributed by atoms with van der Waals surface area (Å²) in [6.45, 7) is 3.83. The second-order valence-corrected chi connectivity index (χ2v) is 5.82. The first-order valence-electron chi connectivity index (χ1n) is 5.78. The van der Waals surface area contributed by atoms with Gasteiger partial charge in [0.1, 0.15) is 5.82 Å². The second kappa shape index (κ2) is 5.75. The van der Waals surface area contributed by atoms with Crippen molar-refractivity contribution in [2.24, 2.45) is 0 Å². The number of amides is 1. The summed E-state index contributed by atoms with van der Waals surface area (Å²) in [5.74, 6) is -0.321. The topological polar surface area (TPSA) is 29.1 Å². The number of carbonyl (C=O) groups excluding carboxylic acids is 1. The van der Waals surface area contributed by atoms with E-state index in [-0.39, 0.29) is 11.7 Å². The highest BCUT2D eigenvalue weighted by atomic mass is 32.1. The third-order valence-corrected chi connectivity index (χ3v) is 4.12. The second-order valence-electron chi connectivity index (χ2n) is 4.40. The van der Waals surface area contributed by atoms with Crippen LogP contribution in [0, 0.1) is 19.7 Å². The number of thiophene rings is 1. The van der Waals surface area contributed by atoms with Gasteiger partial charge in [0.25, 0.3) is 5.91 Å². The first-order chi connectivity index (χ1) is 8.97. The van der Waals surface area contributed by atoms with Crippen LogP contribution in [-0.4, -0.2) is 5.91 Å². The maximum absolute atomic E-state index is 13.5. The lowest BCUT2D eigenvalue weighted by Gasteiger charge is -2.08. The normalized spacial score (nSPS) is 10.5. The number of thiol groups is 1. The van der Waals surface area contributed by atoms with Gasteiger partial charge in [-0.05, 0) is 36.6 Å². The van der Waals surface area contributed by atoms with Gasteiger partial charge < -0.3 is 5.32 Å². The molecule has 1 aromatic carbocycles. The Morgan fingerprint density at radius 3 is 2.47 bits per heavy atom. The Morgan fingerprint density at radius 1 is 1.32 bits per heavy atom. The van der Waals surface area contributed by atoms with Gasteiger partial charge in [-0.1, -0.05) is 12.1 Å². The van der Waals surface area contributed by atoms with Crippen LogP contribution in [0.15, 0.2) is 28.5 Å². The third-order valence-electron chi connectivity index (χ3n) is 2.76. The molecule has 0 aliphatic heterocycles. The van der Waals surface area contributed by atoms with Crippen LogP contribution in [-0.2, 0) is 6.54 Å². The smallest absolute Gasteiger partial charge is 0.261 e. The van der Waals surface area contributed by atoms with Crippen LogP contribution >= 0.6 is 24.0 Å². The number of hydrogen-bond donors (Lipinski definition) is 2. The highest BCUT2D eigenvalue weighted by molar-refractivity contribution is 7.80. The van der Waals surface area contributed by atoms with E-state index in [1.165, 1.54) is 11.3 Å². The van der Waals surface area contributed by atoms with E-state index in [4.69, 9.17) is 0 Å². The highest BCUT2D eigenvalue weighted by Crippen LogP contribution is 2.18. The number of hydrogen-bond acceptors (Lipinski definition) is 3. The van der Waals surface area contributed by atoms with Crippen molar-refractivity contribution in [2.45, 2.75) is 25.3 Å². The Kier molecular flexibility index (Phi) is 4.27. The fourth-order valence-corrected chi connectivity index (χ4v) is 2.92. The Morgan fingerprint density at radius 2 is 1.95 bits per heavy atom. The van der Waals surface area contributed by atoms with E-state index in [9.17, 15) is 9.18 Å². The molecule has 19 heavy (non-hydrogen) atoms. The highest BCUT2D eigenvalue weighted by Gasteiger charge is 2.09. The van der Waals surface area contributed by atoms with Gasteiger partial charge in [0.15, 0.2) is 0 Å². The summed E-state index contributed by atoms with van der Waals surface area (Å²) in [4.78, 5) is 13.3. The Hall–Kier alpha value is -1.33. The predicted octanol–water partition coefficient (Wildman–Crippen LogP) is 3.72. The lowest BCUT2D eigenvalue weighted by atomic mass is 10.1. The molecule has 1 heterocycles. The first kappa shape index (κ1) is 14.1. The first-order valence-corrected chi connectivity index (χ1v) is 7.11. The molecule has 5 heteroatoms. The molecule has 0 aliphatic carbocycles. The summed E-state index contributed by atoms with van der Waals surface area (Å²) in [5.41, 5.74) is 2.09. The molecule has 2 aromatic rings. The Balaban J connectivity index is 2.05. The molecule has 1 aromatic heterocycles. The fraction of sp³-hybridized carbons (Fsp3) is 0.214. The number of nitrogens with one attached hydrogen (secondary N) is 1. The van der Waals surface area contributed by atoms with Gasteiger partial charge >= 0.3 is 0 Å². The van der Waals surface area contributed by atoms with Crippen LogP contribution in [0.2, 0.25) is 0 Å². The molecule has 0 spiro atoms. The van der Waals surface area contributed by atoms with Gasteiger partial charge in [-0.3, -0.25) is 4.79 Å². The van der Waals surface area contributed by atoms with E-state index in [0.29, 0.717) is 22.5 Å². The largest absolute Gasteiger partial charge is 0.347 e. The van der Waals surface area contributed by atoms with Crippen molar-refractivity contribution in [1.29, 1.82) is 0 Å². The van der Waals surface area contributed by atoms with E-state index in [0.717, 1.165) is 10.5 Å². The molecule has 1 amide bonds. The van der Waals surface area contributed by atoms with E-state index in [1.807, 2.05) is 5.38 Å². The minimum Gasteiger partial charge on any atom is -0.347 e. The lowest BCUT2D eigenvalue weighted by Crippen LogP contribution is -2.22. The molecule has 0 fully saturated rings. The maximum Gasteiger partial charge on any atom is 0.261 e. The van der Waals surface area contributed by atoms with Crippen molar-refractivity contribution in [3.8, 4) is 0 Å². The molecule has 2 rings (SSSR count). The zero-order valence-electron chi connectivity index (χ0n) is 10.7. The maximum atomic E-state index is 13.5. The van der Waals surface area contributed by atoms with Crippen molar-refractivity contribution in [2.75, 3.05) is 0 Å². The molecule has 0 aliphatic rings. The summed E-state index contributed by atoms with van der Waals surface area (Å²) < 4.78 is 13.5. The van der Waals surface area contributed by atoms with Crippen molar-refractivity contribution in [3.63, 3.8) is 0 Å². The van der Waals surface area contributed by atoms with Crippen LogP contribution in [0.25, 0.3) is 0 Å². The lowest BCUT2D eigenvalue weighted by molar-refractivity contribution is 0.0955. The van der Waals surface area contributed by atoms with Crippen LogP contribution in [0.1, 0.15) is 26.4 Å². The number of rotatable bonds is 3. The van der Waals surface area contributed by atoms with E-state index < -0.39 is 0 Å². The molecule has 1 N–H and O–H groups in total. The number of aryl methyl sites for hydroxylation is 2. The molecular formula is C14H14FNOS2. The summed E-state index contributed by atoms with van der Waals surface area (Å²) >= 11 is 5.52. The average Bonchev–Trinajstić information content (AvgIpc) is 2.79.